The second kappa shape index (κ2) is 4.14. The predicted molar refractivity (Wildman–Crippen MR) is 38.0 cm³/mol. The molecule has 1 aromatic heterocycles. The highest BCUT2D eigenvalue weighted by Crippen LogP contribution is 1.82. The minimum atomic E-state index is -0.955. The maximum absolute atomic E-state index is 10.8. The molecule has 0 bridgehead atoms. The minimum Gasteiger partial charge on any atom is -0.462 e. The van der Waals surface area contributed by atoms with Gasteiger partial charge in [0.1, 0.15) is 0 Å². The van der Waals surface area contributed by atoms with Crippen molar-refractivity contribution < 1.29 is 14.3 Å². The molecule has 0 fully saturated rings. The highest BCUT2D eigenvalue weighted by molar-refractivity contribution is 6.32. The van der Waals surface area contributed by atoms with Gasteiger partial charge in [0.25, 0.3) is 0 Å². The van der Waals surface area contributed by atoms with Gasteiger partial charge in [-0.2, -0.15) is 5.21 Å². The lowest BCUT2D eigenvalue weighted by molar-refractivity contribution is -0.152. The monoisotopic (exact) mass is 185 g/mol. The van der Waals surface area contributed by atoms with Crippen LogP contribution in [0.25, 0.3) is 0 Å². The van der Waals surface area contributed by atoms with E-state index in [1.54, 1.807) is 0 Å². The van der Waals surface area contributed by atoms with Gasteiger partial charge in [0.2, 0.25) is 0 Å². The summed E-state index contributed by atoms with van der Waals surface area (Å²) in [5, 5.41) is 14.8. The number of amides is 1. The molecule has 70 valence electrons. The van der Waals surface area contributed by atoms with E-state index >= 15 is 0 Å². The molecule has 2 N–H and O–H groups in total. The number of carbonyl (C=O) groups is 2. The molecule has 0 aliphatic rings. The van der Waals surface area contributed by atoms with Gasteiger partial charge in [-0.1, -0.05) is 5.21 Å². The molecule has 0 aliphatic heterocycles. The number of hydrogen-bond acceptors (Lipinski definition) is 6. The Hall–Kier alpha value is -1.99. The summed E-state index contributed by atoms with van der Waals surface area (Å²) in [5.74, 6) is -1.51. The third kappa shape index (κ3) is 2.51. The summed E-state index contributed by atoms with van der Waals surface area (Å²) in [4.78, 5) is 21.4. The first-order valence-electron chi connectivity index (χ1n) is 3.32. The third-order valence-electron chi connectivity index (χ3n) is 1.17. The van der Waals surface area contributed by atoms with E-state index in [1.807, 2.05) is 0 Å². The minimum absolute atomic E-state index is 0.0322. The van der Waals surface area contributed by atoms with Gasteiger partial charge < -0.3 is 10.1 Å². The SMILES string of the molecule is COC(=O)C(=O)NCc1nn[nH]n1. The predicted octanol–water partition coefficient (Wildman–Crippen LogP) is -2.01. The van der Waals surface area contributed by atoms with Gasteiger partial charge in [0, 0.05) is 0 Å². The van der Waals surface area contributed by atoms with E-state index in [2.05, 4.69) is 30.7 Å². The number of carbonyl (C=O) groups excluding carboxylic acids is 2. The van der Waals surface area contributed by atoms with Crippen LogP contribution in [0.4, 0.5) is 0 Å². The first kappa shape index (κ1) is 9.10. The molecule has 0 saturated heterocycles. The average molecular weight is 185 g/mol. The molecular weight excluding hydrogens is 178 g/mol. The summed E-state index contributed by atoms with van der Waals surface area (Å²) in [7, 11) is 1.12. The quantitative estimate of drug-likeness (QED) is 0.407. The number of aromatic nitrogens is 4. The van der Waals surface area contributed by atoms with Crippen molar-refractivity contribution in [1.29, 1.82) is 0 Å². The molecule has 1 aromatic rings. The van der Waals surface area contributed by atoms with Crippen LogP contribution in [0.3, 0.4) is 0 Å². The second-order valence-corrected chi connectivity index (χ2v) is 2.00. The molecule has 0 radical (unpaired) electrons. The number of esters is 1. The Morgan fingerprint density at radius 3 is 2.92 bits per heavy atom. The van der Waals surface area contributed by atoms with Crippen molar-refractivity contribution >= 4 is 11.9 Å². The van der Waals surface area contributed by atoms with Gasteiger partial charge in [-0.05, 0) is 0 Å². The Morgan fingerprint density at radius 2 is 2.38 bits per heavy atom. The van der Waals surface area contributed by atoms with Crippen LogP contribution in [0.1, 0.15) is 5.82 Å². The second-order valence-electron chi connectivity index (χ2n) is 2.00. The number of tetrazole rings is 1. The normalized spacial score (nSPS) is 9.31. The highest BCUT2D eigenvalue weighted by atomic mass is 16.5. The van der Waals surface area contributed by atoms with Crippen molar-refractivity contribution in [2.24, 2.45) is 0 Å². The first-order valence-corrected chi connectivity index (χ1v) is 3.32. The van der Waals surface area contributed by atoms with Crippen molar-refractivity contribution in [2.45, 2.75) is 6.54 Å². The molecule has 1 amide bonds. The number of rotatable bonds is 2. The summed E-state index contributed by atoms with van der Waals surface area (Å²) >= 11 is 0. The lowest BCUT2D eigenvalue weighted by atomic mass is 10.5. The number of H-pyrrole nitrogens is 1. The van der Waals surface area contributed by atoms with Crippen molar-refractivity contribution in [3.05, 3.63) is 5.82 Å². The Labute approximate surface area is 72.7 Å². The topological polar surface area (TPSA) is 110 Å². The Kier molecular flexibility index (Phi) is 2.90. The lowest BCUT2D eigenvalue weighted by Crippen LogP contribution is -2.31. The van der Waals surface area contributed by atoms with Gasteiger partial charge in [-0.15, -0.1) is 10.2 Å². The van der Waals surface area contributed by atoms with Crippen LogP contribution in [-0.2, 0) is 20.9 Å². The van der Waals surface area contributed by atoms with E-state index in [1.165, 1.54) is 0 Å². The fraction of sp³-hybridized carbons (Fsp3) is 0.400. The lowest BCUT2D eigenvalue weighted by Gasteiger charge is -1.98. The summed E-state index contributed by atoms with van der Waals surface area (Å²) < 4.78 is 4.17. The summed E-state index contributed by atoms with van der Waals surface area (Å²) in [6.07, 6.45) is 0. The summed E-state index contributed by atoms with van der Waals surface area (Å²) in [5.41, 5.74) is 0. The Bertz CT molecular complexity index is 295. The van der Waals surface area contributed by atoms with E-state index in [0.29, 0.717) is 0 Å². The third-order valence-corrected chi connectivity index (χ3v) is 1.17. The largest absolute Gasteiger partial charge is 0.462 e. The van der Waals surface area contributed by atoms with E-state index in [-0.39, 0.29) is 12.4 Å². The van der Waals surface area contributed by atoms with Crippen LogP contribution in [0.15, 0.2) is 0 Å². The molecule has 0 unspecified atom stereocenters. The summed E-state index contributed by atoms with van der Waals surface area (Å²) in [6.45, 7) is 0.0322. The average Bonchev–Trinajstić information content (AvgIpc) is 2.65. The molecule has 13 heavy (non-hydrogen) atoms. The molecule has 0 spiro atoms. The van der Waals surface area contributed by atoms with Crippen LogP contribution in [-0.4, -0.2) is 39.6 Å². The molecule has 0 aromatic carbocycles. The molecule has 1 rings (SSSR count). The molecule has 8 heteroatoms. The zero-order valence-electron chi connectivity index (χ0n) is 6.77. The zero-order chi connectivity index (χ0) is 9.68. The fourth-order valence-corrected chi connectivity index (χ4v) is 0.582. The van der Waals surface area contributed by atoms with Gasteiger partial charge in [-0.3, -0.25) is 4.79 Å². The molecule has 0 saturated carbocycles. The molecule has 0 aliphatic carbocycles. The molecular formula is C5H7N5O3. The van der Waals surface area contributed by atoms with Crippen molar-refractivity contribution in [1.82, 2.24) is 25.9 Å². The Balaban J connectivity index is 2.35. The smallest absolute Gasteiger partial charge is 0.396 e. The van der Waals surface area contributed by atoms with E-state index in [0.717, 1.165) is 7.11 Å². The van der Waals surface area contributed by atoms with Crippen molar-refractivity contribution in [2.75, 3.05) is 7.11 Å². The van der Waals surface area contributed by atoms with Gasteiger partial charge in [0.05, 0.1) is 13.7 Å². The molecule has 8 nitrogen and oxygen atoms in total. The standard InChI is InChI=1S/C5H7N5O3/c1-13-5(12)4(11)6-2-3-7-9-10-8-3/h2H2,1H3,(H,6,11)(H,7,8,9,10). The van der Waals surface area contributed by atoms with E-state index in [4.69, 9.17) is 0 Å². The fourth-order valence-electron chi connectivity index (χ4n) is 0.582. The zero-order valence-corrected chi connectivity index (χ0v) is 6.77. The van der Waals surface area contributed by atoms with E-state index < -0.39 is 11.9 Å². The first-order chi connectivity index (χ1) is 6.24. The van der Waals surface area contributed by atoms with Gasteiger partial charge >= 0.3 is 11.9 Å². The van der Waals surface area contributed by atoms with Crippen LogP contribution in [0.5, 0.6) is 0 Å². The van der Waals surface area contributed by atoms with E-state index in [9.17, 15) is 9.59 Å². The molecule has 1 heterocycles. The number of aromatic amines is 1. The number of nitrogens with one attached hydrogen (secondary N) is 2. The van der Waals surface area contributed by atoms with Gasteiger partial charge in [-0.25, -0.2) is 4.79 Å². The van der Waals surface area contributed by atoms with Crippen LogP contribution in [0.2, 0.25) is 0 Å². The number of ether oxygens (including phenoxy) is 1. The maximum atomic E-state index is 10.8. The van der Waals surface area contributed by atoms with Crippen LogP contribution >= 0.6 is 0 Å². The Morgan fingerprint density at radius 1 is 1.62 bits per heavy atom. The number of hydrogen-bond donors (Lipinski definition) is 2. The number of nitrogens with zero attached hydrogens (tertiary/aromatic N) is 3. The van der Waals surface area contributed by atoms with Gasteiger partial charge in [0.15, 0.2) is 5.82 Å². The summed E-state index contributed by atoms with van der Waals surface area (Å²) in [6, 6.07) is 0. The van der Waals surface area contributed by atoms with Crippen molar-refractivity contribution in [3.63, 3.8) is 0 Å². The van der Waals surface area contributed by atoms with Crippen molar-refractivity contribution in [3.8, 4) is 0 Å². The number of methoxy groups -OCH3 is 1. The molecule has 0 atom stereocenters. The highest BCUT2D eigenvalue weighted by Gasteiger charge is 2.13. The maximum Gasteiger partial charge on any atom is 0.396 e. The van der Waals surface area contributed by atoms with Crippen LogP contribution < -0.4 is 5.32 Å². The van der Waals surface area contributed by atoms with Crippen LogP contribution in [0, 0.1) is 0 Å².